The summed E-state index contributed by atoms with van der Waals surface area (Å²) in [6.07, 6.45) is 0.241. The Morgan fingerprint density at radius 2 is 2.14 bits per heavy atom. The van der Waals surface area contributed by atoms with Crippen molar-refractivity contribution in [3.63, 3.8) is 0 Å². The van der Waals surface area contributed by atoms with E-state index in [1.807, 2.05) is 4.90 Å². The van der Waals surface area contributed by atoms with Gasteiger partial charge in [0.25, 0.3) is 0 Å². The van der Waals surface area contributed by atoms with E-state index in [4.69, 9.17) is 5.73 Å². The molecule has 1 saturated heterocycles. The number of hydrogen-bond acceptors (Lipinski definition) is 2. The van der Waals surface area contributed by atoms with Crippen LogP contribution in [0.1, 0.15) is 6.42 Å². The van der Waals surface area contributed by atoms with E-state index < -0.39 is 14.2 Å². The minimum atomic E-state index is -1.29. The molecule has 2 unspecified atom stereocenters. The second-order valence-electron chi connectivity index (χ2n) is 5.24. The SMILES string of the molecule is C[Si](C)(C)CN1CC(F)CC1C(N)=O. The predicted molar refractivity (Wildman–Crippen MR) is 57.4 cm³/mol. The minimum absolute atomic E-state index is 0.278. The van der Waals surface area contributed by atoms with Crippen LogP contribution in [0, 0.1) is 0 Å². The number of amides is 1. The number of alkyl halides is 1. The van der Waals surface area contributed by atoms with Crippen LogP contribution in [0.15, 0.2) is 0 Å². The number of likely N-dealkylation sites (tertiary alicyclic amines) is 1. The van der Waals surface area contributed by atoms with Crippen molar-refractivity contribution < 1.29 is 9.18 Å². The number of carbonyl (C=O) groups is 1. The molecule has 1 aliphatic heterocycles. The summed E-state index contributed by atoms with van der Waals surface area (Å²) in [5.41, 5.74) is 5.24. The number of halogens is 1. The molecule has 1 amide bonds. The van der Waals surface area contributed by atoms with E-state index in [0.717, 1.165) is 6.17 Å². The molecule has 0 aliphatic carbocycles. The van der Waals surface area contributed by atoms with Crippen LogP contribution in [-0.4, -0.2) is 43.8 Å². The van der Waals surface area contributed by atoms with E-state index in [-0.39, 0.29) is 18.4 Å². The van der Waals surface area contributed by atoms with Crippen molar-refractivity contribution in [2.75, 3.05) is 12.7 Å². The van der Waals surface area contributed by atoms with Crippen LogP contribution in [0.4, 0.5) is 4.39 Å². The normalized spacial score (nSPS) is 29.4. The lowest BCUT2D eigenvalue weighted by molar-refractivity contribution is -0.122. The maximum atomic E-state index is 13.1. The molecule has 0 aromatic carbocycles. The summed E-state index contributed by atoms with van der Waals surface area (Å²) in [4.78, 5) is 13.0. The molecule has 0 aromatic heterocycles. The summed E-state index contributed by atoms with van der Waals surface area (Å²) in [5, 5.41) is 0. The van der Waals surface area contributed by atoms with E-state index in [0.29, 0.717) is 6.54 Å². The second kappa shape index (κ2) is 3.98. The molecule has 1 rings (SSSR count). The van der Waals surface area contributed by atoms with Gasteiger partial charge in [-0.15, -0.1) is 0 Å². The van der Waals surface area contributed by atoms with Gasteiger partial charge in [-0.1, -0.05) is 19.6 Å². The Balaban J connectivity index is 2.62. The molecule has 2 N–H and O–H groups in total. The highest BCUT2D eigenvalue weighted by molar-refractivity contribution is 6.76. The van der Waals surface area contributed by atoms with E-state index in [2.05, 4.69) is 19.6 Å². The van der Waals surface area contributed by atoms with Crippen LogP contribution >= 0.6 is 0 Å². The van der Waals surface area contributed by atoms with Gasteiger partial charge < -0.3 is 5.73 Å². The van der Waals surface area contributed by atoms with Gasteiger partial charge in [-0.05, 0) is 6.17 Å². The van der Waals surface area contributed by atoms with Crippen LogP contribution in [0.25, 0.3) is 0 Å². The zero-order chi connectivity index (χ0) is 10.9. The van der Waals surface area contributed by atoms with Gasteiger partial charge in [-0.3, -0.25) is 9.69 Å². The summed E-state index contributed by atoms with van der Waals surface area (Å²) in [5.74, 6) is -0.386. The molecule has 5 heteroatoms. The molecular weight excluding hydrogens is 199 g/mol. The molecule has 2 atom stereocenters. The zero-order valence-electron chi connectivity index (χ0n) is 9.09. The average Bonchev–Trinajstić information content (AvgIpc) is 2.27. The fourth-order valence-electron chi connectivity index (χ4n) is 1.93. The fraction of sp³-hybridized carbons (Fsp3) is 0.889. The molecule has 1 fully saturated rings. The molecule has 0 bridgehead atoms. The highest BCUT2D eigenvalue weighted by Crippen LogP contribution is 2.21. The van der Waals surface area contributed by atoms with Crippen LogP contribution in [-0.2, 0) is 4.79 Å². The molecular formula is C9H19FN2OSi. The van der Waals surface area contributed by atoms with Crippen molar-refractivity contribution in [2.45, 2.75) is 38.3 Å². The first-order valence-electron chi connectivity index (χ1n) is 4.97. The summed E-state index contributed by atoms with van der Waals surface area (Å²) < 4.78 is 13.1. The quantitative estimate of drug-likeness (QED) is 0.711. The van der Waals surface area contributed by atoms with Crippen LogP contribution in [0.3, 0.4) is 0 Å². The summed E-state index contributed by atoms with van der Waals surface area (Å²) >= 11 is 0. The van der Waals surface area contributed by atoms with Crippen molar-refractivity contribution in [3.8, 4) is 0 Å². The maximum absolute atomic E-state index is 13.1. The van der Waals surface area contributed by atoms with Gasteiger partial charge in [0, 0.05) is 13.0 Å². The number of primary amides is 1. The average molecular weight is 218 g/mol. The van der Waals surface area contributed by atoms with Gasteiger partial charge in [-0.25, -0.2) is 4.39 Å². The summed E-state index contributed by atoms with van der Waals surface area (Å²) in [6, 6.07) is -0.378. The number of nitrogens with zero attached hydrogens (tertiary/aromatic N) is 1. The number of rotatable bonds is 3. The van der Waals surface area contributed by atoms with E-state index in [1.165, 1.54) is 0 Å². The maximum Gasteiger partial charge on any atom is 0.234 e. The molecule has 0 saturated carbocycles. The van der Waals surface area contributed by atoms with Crippen molar-refractivity contribution in [2.24, 2.45) is 5.73 Å². The Morgan fingerprint density at radius 1 is 1.57 bits per heavy atom. The van der Waals surface area contributed by atoms with Gasteiger partial charge in [0.05, 0.1) is 14.1 Å². The Bertz CT molecular complexity index is 229. The number of carbonyl (C=O) groups excluding carboxylic acids is 1. The van der Waals surface area contributed by atoms with Crippen molar-refractivity contribution >= 4 is 14.0 Å². The van der Waals surface area contributed by atoms with Crippen LogP contribution in [0.5, 0.6) is 0 Å². The Kier molecular flexibility index (Phi) is 3.31. The lowest BCUT2D eigenvalue weighted by Gasteiger charge is -2.28. The zero-order valence-corrected chi connectivity index (χ0v) is 10.1. The van der Waals surface area contributed by atoms with Gasteiger partial charge in [0.1, 0.15) is 6.17 Å². The van der Waals surface area contributed by atoms with Crippen molar-refractivity contribution in [3.05, 3.63) is 0 Å². The smallest absolute Gasteiger partial charge is 0.234 e. The predicted octanol–water partition coefficient (Wildman–Crippen LogP) is 0.761. The molecule has 3 nitrogen and oxygen atoms in total. The molecule has 1 aliphatic rings. The molecule has 0 aromatic rings. The minimum Gasteiger partial charge on any atom is -0.368 e. The van der Waals surface area contributed by atoms with Gasteiger partial charge >= 0.3 is 0 Å². The molecule has 14 heavy (non-hydrogen) atoms. The van der Waals surface area contributed by atoms with Gasteiger partial charge in [-0.2, -0.15) is 0 Å². The molecule has 0 radical (unpaired) electrons. The van der Waals surface area contributed by atoms with Crippen molar-refractivity contribution in [1.82, 2.24) is 4.90 Å². The van der Waals surface area contributed by atoms with Crippen LogP contribution in [0.2, 0.25) is 19.6 Å². The Labute approximate surface area is 85.5 Å². The third kappa shape index (κ3) is 3.06. The van der Waals surface area contributed by atoms with E-state index >= 15 is 0 Å². The molecule has 82 valence electrons. The van der Waals surface area contributed by atoms with Gasteiger partial charge in [0.15, 0.2) is 0 Å². The Hall–Kier alpha value is -0.423. The third-order valence-electron chi connectivity index (χ3n) is 2.36. The number of nitrogens with two attached hydrogens (primary N) is 1. The van der Waals surface area contributed by atoms with Gasteiger partial charge in [0.2, 0.25) is 5.91 Å². The largest absolute Gasteiger partial charge is 0.368 e. The highest BCUT2D eigenvalue weighted by Gasteiger charge is 2.37. The summed E-state index contributed by atoms with van der Waals surface area (Å²) in [7, 11) is -1.29. The van der Waals surface area contributed by atoms with Crippen molar-refractivity contribution in [1.29, 1.82) is 0 Å². The molecule has 1 heterocycles. The number of hydrogen-bond donors (Lipinski definition) is 1. The van der Waals surface area contributed by atoms with E-state index in [1.54, 1.807) is 0 Å². The first-order valence-corrected chi connectivity index (χ1v) is 8.68. The first-order chi connectivity index (χ1) is 6.29. The monoisotopic (exact) mass is 218 g/mol. The lowest BCUT2D eigenvalue weighted by atomic mass is 10.2. The first kappa shape index (κ1) is 11.7. The fourth-order valence-corrected chi connectivity index (χ4v) is 3.50. The standard InChI is InChI=1S/C9H19FN2OSi/c1-14(2,3)6-12-5-7(10)4-8(12)9(11)13/h7-8H,4-6H2,1-3H3,(H2,11,13). The van der Waals surface area contributed by atoms with E-state index in [9.17, 15) is 9.18 Å². The van der Waals surface area contributed by atoms with Crippen LogP contribution < -0.4 is 5.73 Å². The topological polar surface area (TPSA) is 46.3 Å². The third-order valence-corrected chi connectivity index (χ3v) is 3.71. The second-order valence-corrected chi connectivity index (χ2v) is 10.7. The molecule has 0 spiro atoms. The summed E-state index contributed by atoms with van der Waals surface area (Å²) in [6.45, 7) is 6.99. The lowest BCUT2D eigenvalue weighted by Crippen LogP contribution is -2.47. The highest BCUT2D eigenvalue weighted by atomic mass is 28.3. The Morgan fingerprint density at radius 3 is 2.57 bits per heavy atom.